The largest absolute Gasteiger partial charge is 0.273 e. The summed E-state index contributed by atoms with van der Waals surface area (Å²) < 4.78 is 1.82. The number of rotatable bonds is 2. The molecule has 0 radical (unpaired) electrons. The van der Waals surface area contributed by atoms with Gasteiger partial charge in [-0.1, -0.05) is 12.2 Å². The lowest BCUT2D eigenvalue weighted by Crippen LogP contribution is -2.40. The van der Waals surface area contributed by atoms with Gasteiger partial charge in [-0.3, -0.25) is 14.5 Å². The number of amides is 1. The molecule has 1 aromatic heterocycles. The second-order valence-corrected chi connectivity index (χ2v) is 3.91. The second-order valence-electron chi connectivity index (χ2n) is 3.91. The fourth-order valence-electron chi connectivity index (χ4n) is 1.92. The van der Waals surface area contributed by atoms with Crippen LogP contribution in [0.15, 0.2) is 36.7 Å². The highest BCUT2D eigenvalue weighted by Gasteiger charge is 2.22. The average Bonchev–Trinajstić information content (AvgIpc) is 2.82. The van der Waals surface area contributed by atoms with Crippen molar-refractivity contribution >= 4 is 5.91 Å². The molecule has 0 saturated carbocycles. The Labute approximate surface area is 90.0 Å². The van der Waals surface area contributed by atoms with Gasteiger partial charge in [0.1, 0.15) is 0 Å². The molecular formula is C12H16N2O. The molecule has 0 bridgehead atoms. The minimum absolute atomic E-state index is 0.155. The van der Waals surface area contributed by atoms with Crippen molar-refractivity contribution in [1.29, 1.82) is 0 Å². The maximum absolute atomic E-state index is 12.1. The summed E-state index contributed by atoms with van der Waals surface area (Å²) >= 11 is 0. The highest BCUT2D eigenvalue weighted by Crippen LogP contribution is 2.19. The zero-order valence-electron chi connectivity index (χ0n) is 8.97. The van der Waals surface area contributed by atoms with E-state index in [1.807, 2.05) is 36.3 Å². The first-order chi connectivity index (χ1) is 7.29. The van der Waals surface area contributed by atoms with Gasteiger partial charge in [0.2, 0.25) is 5.91 Å². The van der Waals surface area contributed by atoms with E-state index in [1.165, 1.54) is 0 Å². The average molecular weight is 204 g/mol. The van der Waals surface area contributed by atoms with Crippen molar-refractivity contribution in [3.63, 3.8) is 0 Å². The van der Waals surface area contributed by atoms with Crippen LogP contribution in [-0.2, 0) is 4.79 Å². The molecule has 0 saturated heterocycles. The van der Waals surface area contributed by atoms with E-state index in [9.17, 15) is 4.79 Å². The second kappa shape index (κ2) is 4.34. The summed E-state index contributed by atoms with van der Waals surface area (Å²) in [4.78, 5) is 12.1. The zero-order chi connectivity index (χ0) is 10.7. The lowest BCUT2D eigenvalue weighted by Gasteiger charge is -2.25. The lowest BCUT2D eigenvalue weighted by molar-refractivity contribution is -0.123. The van der Waals surface area contributed by atoms with E-state index in [4.69, 9.17) is 0 Å². The van der Waals surface area contributed by atoms with Crippen LogP contribution >= 0.6 is 0 Å². The molecule has 3 heteroatoms. The summed E-state index contributed by atoms with van der Waals surface area (Å²) in [7, 11) is 1.82. The number of hydrogen-bond acceptors (Lipinski definition) is 1. The Morgan fingerprint density at radius 2 is 2.07 bits per heavy atom. The molecule has 1 unspecified atom stereocenters. The Morgan fingerprint density at radius 3 is 2.67 bits per heavy atom. The van der Waals surface area contributed by atoms with E-state index in [-0.39, 0.29) is 11.8 Å². The van der Waals surface area contributed by atoms with Gasteiger partial charge in [0, 0.05) is 25.4 Å². The molecule has 1 heterocycles. The maximum Gasteiger partial charge on any atom is 0.244 e. The first-order valence-corrected chi connectivity index (χ1v) is 5.35. The number of hydrogen-bond donors (Lipinski definition) is 0. The highest BCUT2D eigenvalue weighted by molar-refractivity contribution is 5.87. The van der Waals surface area contributed by atoms with Crippen LogP contribution in [0, 0.1) is 5.92 Å². The van der Waals surface area contributed by atoms with E-state index in [1.54, 1.807) is 5.01 Å². The summed E-state index contributed by atoms with van der Waals surface area (Å²) in [5, 5.41) is 1.68. The van der Waals surface area contributed by atoms with Crippen LogP contribution < -0.4 is 5.01 Å². The van der Waals surface area contributed by atoms with Crippen molar-refractivity contribution in [2.75, 3.05) is 12.1 Å². The van der Waals surface area contributed by atoms with Gasteiger partial charge in [-0.25, -0.2) is 0 Å². The smallest absolute Gasteiger partial charge is 0.244 e. The van der Waals surface area contributed by atoms with Gasteiger partial charge in [0.25, 0.3) is 0 Å². The first kappa shape index (κ1) is 10.0. The van der Waals surface area contributed by atoms with Crippen molar-refractivity contribution in [3.8, 4) is 0 Å². The zero-order valence-corrected chi connectivity index (χ0v) is 8.97. The first-order valence-electron chi connectivity index (χ1n) is 5.35. The highest BCUT2D eigenvalue weighted by atomic mass is 16.2. The Hall–Kier alpha value is -1.51. The van der Waals surface area contributed by atoms with Gasteiger partial charge in [-0.05, 0) is 31.4 Å². The fourth-order valence-corrected chi connectivity index (χ4v) is 1.92. The Balaban J connectivity index is 2.04. The van der Waals surface area contributed by atoms with Crippen LogP contribution in [0.5, 0.6) is 0 Å². The fraction of sp³-hybridized carbons (Fsp3) is 0.417. The standard InChI is InChI=1S/C12H16N2O/c1-13(14-9-5-6-10-14)12(15)11-7-3-2-4-8-11/h2-3,5-6,9-11H,4,7-8H2,1H3. The molecule has 0 fully saturated rings. The number of nitrogens with zero attached hydrogens (tertiary/aromatic N) is 2. The topological polar surface area (TPSA) is 25.2 Å². The predicted molar refractivity (Wildman–Crippen MR) is 60.1 cm³/mol. The van der Waals surface area contributed by atoms with Gasteiger partial charge in [0.15, 0.2) is 0 Å². The number of carbonyl (C=O) groups excluding carboxylic acids is 1. The summed E-state index contributed by atoms with van der Waals surface area (Å²) in [6, 6.07) is 3.84. The molecule has 1 aliphatic carbocycles. The van der Waals surface area contributed by atoms with E-state index in [0.717, 1.165) is 19.3 Å². The van der Waals surface area contributed by atoms with Crippen molar-refractivity contribution in [2.45, 2.75) is 19.3 Å². The van der Waals surface area contributed by atoms with Crippen molar-refractivity contribution in [3.05, 3.63) is 36.7 Å². The molecule has 0 spiro atoms. The van der Waals surface area contributed by atoms with E-state index in [2.05, 4.69) is 12.2 Å². The molecule has 0 N–H and O–H groups in total. The van der Waals surface area contributed by atoms with Crippen LogP contribution in [0.2, 0.25) is 0 Å². The maximum atomic E-state index is 12.1. The third kappa shape index (κ3) is 2.12. The summed E-state index contributed by atoms with van der Waals surface area (Å²) in [5.41, 5.74) is 0. The SMILES string of the molecule is CN(C(=O)C1CC=CCC1)n1cccc1. The van der Waals surface area contributed by atoms with Gasteiger partial charge in [-0.2, -0.15) is 0 Å². The molecule has 80 valence electrons. The van der Waals surface area contributed by atoms with Crippen molar-refractivity contribution in [1.82, 2.24) is 4.68 Å². The van der Waals surface area contributed by atoms with Crippen molar-refractivity contribution < 1.29 is 4.79 Å². The predicted octanol–water partition coefficient (Wildman–Crippen LogP) is 1.94. The Kier molecular flexibility index (Phi) is 2.90. The normalized spacial score (nSPS) is 20.2. The van der Waals surface area contributed by atoms with Crippen LogP contribution in [0.4, 0.5) is 0 Å². The molecule has 1 aromatic rings. The summed E-state index contributed by atoms with van der Waals surface area (Å²) in [5.74, 6) is 0.359. The van der Waals surface area contributed by atoms with E-state index >= 15 is 0 Å². The molecule has 0 aromatic carbocycles. The monoisotopic (exact) mass is 204 g/mol. The quantitative estimate of drug-likeness (QED) is 0.676. The van der Waals surface area contributed by atoms with Crippen LogP contribution in [-0.4, -0.2) is 17.6 Å². The number of allylic oxidation sites excluding steroid dienone is 2. The Morgan fingerprint density at radius 1 is 1.33 bits per heavy atom. The number of carbonyl (C=O) groups is 1. The molecule has 2 rings (SSSR count). The minimum atomic E-state index is 0.155. The third-order valence-electron chi connectivity index (χ3n) is 2.87. The van der Waals surface area contributed by atoms with E-state index < -0.39 is 0 Å². The Bertz CT molecular complexity index is 354. The molecular weight excluding hydrogens is 188 g/mol. The summed E-state index contributed by atoms with van der Waals surface area (Å²) in [6.45, 7) is 0. The molecule has 1 amide bonds. The van der Waals surface area contributed by atoms with Crippen LogP contribution in [0.1, 0.15) is 19.3 Å². The van der Waals surface area contributed by atoms with Gasteiger partial charge in [-0.15, -0.1) is 0 Å². The molecule has 1 aliphatic rings. The molecule has 0 aliphatic heterocycles. The van der Waals surface area contributed by atoms with Gasteiger partial charge < -0.3 is 0 Å². The van der Waals surface area contributed by atoms with Gasteiger partial charge >= 0.3 is 0 Å². The minimum Gasteiger partial charge on any atom is -0.273 e. The number of aromatic nitrogens is 1. The molecule has 1 atom stereocenters. The molecule has 15 heavy (non-hydrogen) atoms. The lowest BCUT2D eigenvalue weighted by atomic mass is 9.93. The van der Waals surface area contributed by atoms with E-state index in [0.29, 0.717) is 0 Å². The molecule has 3 nitrogen and oxygen atoms in total. The van der Waals surface area contributed by atoms with Crippen LogP contribution in [0.3, 0.4) is 0 Å². The van der Waals surface area contributed by atoms with Gasteiger partial charge in [0.05, 0.1) is 0 Å². The third-order valence-corrected chi connectivity index (χ3v) is 2.87. The van der Waals surface area contributed by atoms with Crippen molar-refractivity contribution in [2.24, 2.45) is 5.92 Å². The summed E-state index contributed by atoms with van der Waals surface area (Å²) in [6.07, 6.45) is 10.9. The van der Waals surface area contributed by atoms with Crippen LogP contribution in [0.25, 0.3) is 0 Å².